The monoisotopic (exact) mass is 356 g/mol. The van der Waals surface area contributed by atoms with Crippen molar-refractivity contribution in [2.45, 2.75) is 25.2 Å². The van der Waals surface area contributed by atoms with Crippen molar-refractivity contribution in [2.75, 3.05) is 0 Å². The van der Waals surface area contributed by atoms with E-state index in [0.717, 1.165) is 0 Å². The van der Waals surface area contributed by atoms with Gasteiger partial charge in [-0.3, -0.25) is 0 Å². The molecule has 0 bridgehead atoms. The number of carboxylic acid groups (broad SMARTS) is 5. The molecule has 0 aromatic rings. The Labute approximate surface area is 133 Å². The number of carbonyl (C=O) groups is 5. The van der Waals surface area contributed by atoms with Gasteiger partial charge in [-0.15, -0.1) is 0 Å². The quantitative estimate of drug-likeness (QED) is 0.222. The van der Waals surface area contributed by atoms with Gasteiger partial charge in [-0.2, -0.15) is 0 Å². The summed E-state index contributed by atoms with van der Waals surface area (Å²) >= 11 is 0. The third-order valence-corrected chi connectivity index (χ3v) is 1.53. The van der Waals surface area contributed by atoms with E-state index < -0.39 is 48.2 Å². The lowest BCUT2D eigenvalue weighted by atomic mass is 10.2. The molecule has 0 heterocycles. The highest BCUT2D eigenvalue weighted by Crippen LogP contribution is 1.92. The van der Waals surface area contributed by atoms with Crippen LogP contribution in [0.1, 0.15) is 6.92 Å². The third kappa shape index (κ3) is 19.0. The molecule has 0 aliphatic carbocycles. The second-order valence-electron chi connectivity index (χ2n) is 3.59. The summed E-state index contributed by atoms with van der Waals surface area (Å²) in [5.41, 5.74) is 0. The maximum atomic E-state index is 9.77. The minimum absolute atomic E-state index is 0.558. The lowest BCUT2D eigenvalue weighted by Crippen LogP contribution is -2.39. The molecule has 13 heteroatoms. The lowest BCUT2D eigenvalue weighted by Gasteiger charge is -2.07. The molecule has 3 atom stereocenters. The molecule has 0 saturated heterocycles. The summed E-state index contributed by atoms with van der Waals surface area (Å²) in [6.45, 7) is 1.20. The number of hydrogen-bond donors (Lipinski definition) is 8. The maximum absolute atomic E-state index is 9.77. The Bertz CT molecular complexity index is 444. The van der Waals surface area contributed by atoms with Crippen LogP contribution in [0, 0.1) is 0 Å². The van der Waals surface area contributed by atoms with Crippen LogP contribution in [0.3, 0.4) is 0 Å². The smallest absolute Gasteiger partial charge is 0.335 e. The molecule has 3 unspecified atom stereocenters. The van der Waals surface area contributed by atoms with Gasteiger partial charge in [0.05, 0.1) is 0 Å². The van der Waals surface area contributed by atoms with Gasteiger partial charge in [0.25, 0.3) is 0 Å². The normalized spacial score (nSPS) is 13.2. The van der Waals surface area contributed by atoms with E-state index >= 15 is 0 Å². The van der Waals surface area contributed by atoms with Crippen molar-refractivity contribution in [3.05, 3.63) is 12.2 Å². The van der Waals surface area contributed by atoms with Crippen molar-refractivity contribution in [2.24, 2.45) is 0 Å². The van der Waals surface area contributed by atoms with Crippen molar-refractivity contribution in [3.63, 3.8) is 0 Å². The Morgan fingerprint density at radius 1 is 0.625 bits per heavy atom. The van der Waals surface area contributed by atoms with Crippen LogP contribution in [-0.4, -0.2) is 89.0 Å². The second-order valence-corrected chi connectivity index (χ2v) is 3.59. The first-order valence-corrected chi connectivity index (χ1v) is 5.60. The average Bonchev–Trinajstić information content (AvgIpc) is 2.44. The summed E-state index contributed by atoms with van der Waals surface area (Å²) in [6.07, 6.45) is -4.65. The van der Waals surface area contributed by atoms with Crippen molar-refractivity contribution >= 4 is 29.8 Å². The molecule has 0 spiro atoms. The summed E-state index contributed by atoms with van der Waals surface area (Å²) in [4.78, 5) is 48.1. The van der Waals surface area contributed by atoms with E-state index in [0.29, 0.717) is 12.2 Å². The first-order valence-electron chi connectivity index (χ1n) is 5.60. The van der Waals surface area contributed by atoms with Crippen molar-refractivity contribution in [1.82, 2.24) is 0 Å². The van der Waals surface area contributed by atoms with Crippen molar-refractivity contribution in [3.8, 4) is 0 Å². The van der Waals surface area contributed by atoms with Crippen molar-refractivity contribution in [1.29, 1.82) is 0 Å². The summed E-state index contributed by atoms with van der Waals surface area (Å²) in [5, 5.41) is 63.9. The van der Waals surface area contributed by atoms with Gasteiger partial charge in [-0.05, 0) is 6.92 Å². The summed E-state index contributed by atoms with van der Waals surface area (Å²) in [6, 6.07) is 0. The zero-order valence-electron chi connectivity index (χ0n) is 12.0. The van der Waals surface area contributed by atoms with E-state index in [9.17, 15) is 24.0 Å². The lowest BCUT2D eigenvalue weighted by molar-refractivity contribution is -0.165. The van der Waals surface area contributed by atoms with Gasteiger partial charge in [0.2, 0.25) is 0 Å². The number of aliphatic hydroxyl groups is 3. The molecule has 0 rings (SSSR count). The third-order valence-electron chi connectivity index (χ3n) is 1.53. The van der Waals surface area contributed by atoms with Crippen LogP contribution < -0.4 is 0 Å². The molecular formula is C11H16O13. The summed E-state index contributed by atoms with van der Waals surface area (Å²) in [7, 11) is 0. The van der Waals surface area contributed by atoms with Gasteiger partial charge in [0.15, 0.2) is 12.2 Å². The topological polar surface area (TPSA) is 247 Å². The molecule has 24 heavy (non-hydrogen) atoms. The van der Waals surface area contributed by atoms with Crippen molar-refractivity contribution < 1.29 is 64.8 Å². The first kappa shape index (κ1) is 25.9. The molecule has 0 aliphatic heterocycles. The van der Waals surface area contributed by atoms with E-state index in [2.05, 4.69) is 0 Å². The van der Waals surface area contributed by atoms with Gasteiger partial charge >= 0.3 is 29.8 Å². The fraction of sp³-hybridized carbons (Fsp3) is 0.364. The molecule has 0 saturated carbocycles. The predicted molar refractivity (Wildman–Crippen MR) is 71.0 cm³/mol. The number of aliphatic hydroxyl groups excluding tert-OH is 3. The van der Waals surface area contributed by atoms with Crippen LogP contribution in [0.25, 0.3) is 0 Å². The largest absolute Gasteiger partial charge is 0.479 e. The van der Waals surface area contributed by atoms with Gasteiger partial charge in [-0.25, -0.2) is 24.0 Å². The highest BCUT2D eigenvalue weighted by molar-refractivity contribution is 5.89. The first-order chi connectivity index (χ1) is 10.7. The van der Waals surface area contributed by atoms with Crippen LogP contribution >= 0.6 is 0 Å². The molecule has 0 aromatic heterocycles. The number of aliphatic carboxylic acids is 5. The Morgan fingerprint density at radius 3 is 0.917 bits per heavy atom. The van der Waals surface area contributed by atoms with E-state index in [4.69, 9.17) is 40.9 Å². The second kappa shape index (κ2) is 13.6. The molecule has 138 valence electrons. The Kier molecular flexibility index (Phi) is 14.7. The Balaban J connectivity index is -0.000000285. The molecule has 13 nitrogen and oxygen atoms in total. The minimum atomic E-state index is -2.27. The highest BCUT2D eigenvalue weighted by Gasteiger charge is 2.29. The van der Waals surface area contributed by atoms with E-state index in [1.807, 2.05) is 0 Å². The SMILES string of the molecule is CC(O)C(=O)O.O=C(O)/C=C\C(=O)O.O=C(O)C(O)C(O)C(=O)O. The Hall–Kier alpha value is -3.03. The highest BCUT2D eigenvalue weighted by atomic mass is 16.4. The molecule has 0 aromatic carbocycles. The van der Waals surface area contributed by atoms with Crippen LogP contribution in [0.15, 0.2) is 12.2 Å². The summed E-state index contributed by atoms with van der Waals surface area (Å²) in [5.74, 6) is -7.24. The standard InChI is InChI=1S/C4H6O6.C4H4O4.C3H6O3/c5-1(3(7)8)2(6)4(9)10;5-3(6)1-2-4(7)8;1-2(4)3(5)6/h1-2,5-6H,(H,7,8)(H,9,10);1-2H,(H,5,6)(H,7,8);2,4H,1H3,(H,5,6)/b;2-1-;. The van der Waals surface area contributed by atoms with Gasteiger partial charge in [0.1, 0.15) is 6.10 Å². The molecular weight excluding hydrogens is 340 g/mol. The van der Waals surface area contributed by atoms with Crippen LogP contribution in [0.2, 0.25) is 0 Å². The van der Waals surface area contributed by atoms with Gasteiger partial charge < -0.3 is 40.9 Å². The number of carboxylic acids is 5. The zero-order chi connectivity index (χ0) is 20.0. The van der Waals surface area contributed by atoms with E-state index in [1.165, 1.54) is 6.92 Å². The average molecular weight is 356 g/mol. The van der Waals surface area contributed by atoms with Crippen LogP contribution in [0.4, 0.5) is 0 Å². The molecule has 0 fully saturated rings. The van der Waals surface area contributed by atoms with Gasteiger partial charge in [0, 0.05) is 12.2 Å². The van der Waals surface area contributed by atoms with Gasteiger partial charge in [-0.1, -0.05) is 0 Å². The molecule has 0 amide bonds. The maximum Gasteiger partial charge on any atom is 0.335 e. The number of hydrogen-bond acceptors (Lipinski definition) is 8. The zero-order valence-corrected chi connectivity index (χ0v) is 12.0. The number of rotatable bonds is 6. The molecule has 0 aliphatic rings. The molecule has 0 radical (unpaired) electrons. The fourth-order valence-electron chi connectivity index (χ4n) is 0.413. The van der Waals surface area contributed by atoms with E-state index in [-0.39, 0.29) is 0 Å². The van der Waals surface area contributed by atoms with Crippen LogP contribution in [-0.2, 0) is 24.0 Å². The Morgan fingerprint density at radius 2 is 0.833 bits per heavy atom. The van der Waals surface area contributed by atoms with E-state index in [1.54, 1.807) is 0 Å². The fourth-order valence-corrected chi connectivity index (χ4v) is 0.413. The molecule has 8 N–H and O–H groups in total. The minimum Gasteiger partial charge on any atom is -0.479 e. The summed E-state index contributed by atoms with van der Waals surface area (Å²) < 4.78 is 0. The van der Waals surface area contributed by atoms with Crippen LogP contribution in [0.5, 0.6) is 0 Å². The predicted octanol–water partition coefficient (Wildman–Crippen LogP) is -2.96.